The van der Waals surface area contributed by atoms with Crippen LogP contribution < -0.4 is 5.32 Å². The summed E-state index contributed by atoms with van der Waals surface area (Å²) in [7, 11) is 0. The molecular weight excluding hydrogens is 310 g/mol. The lowest BCUT2D eigenvalue weighted by Gasteiger charge is -2.22. The van der Waals surface area contributed by atoms with Crippen molar-refractivity contribution in [1.82, 2.24) is 15.3 Å². The second-order valence-corrected chi connectivity index (χ2v) is 7.02. The summed E-state index contributed by atoms with van der Waals surface area (Å²) in [6.45, 7) is 4.26. The first kappa shape index (κ1) is 16.2. The fraction of sp³-hybridized carbons (Fsp3) is 0.381. The maximum atomic E-state index is 9.87. The Balaban J connectivity index is 1.64. The second-order valence-electron chi connectivity index (χ2n) is 7.02. The van der Waals surface area contributed by atoms with Gasteiger partial charge in [0.15, 0.2) is 0 Å². The van der Waals surface area contributed by atoms with Gasteiger partial charge in [-0.1, -0.05) is 43.3 Å². The molecule has 0 atom stereocenters. The number of piperidine rings is 1. The number of benzene rings is 2. The molecule has 130 valence electrons. The van der Waals surface area contributed by atoms with Crippen molar-refractivity contribution in [3.63, 3.8) is 0 Å². The molecule has 0 amide bonds. The Bertz CT molecular complexity index is 878. The molecule has 4 rings (SSSR count). The molecule has 3 aromatic rings. The monoisotopic (exact) mass is 335 g/mol. The summed E-state index contributed by atoms with van der Waals surface area (Å²) in [4.78, 5) is 0.989. The van der Waals surface area contributed by atoms with Crippen LogP contribution in [0.15, 0.2) is 42.6 Å². The van der Waals surface area contributed by atoms with Gasteiger partial charge in [-0.25, -0.2) is 0 Å². The molecule has 1 aliphatic rings. The lowest BCUT2D eigenvalue weighted by atomic mass is 9.89. The molecule has 0 saturated carbocycles. The highest BCUT2D eigenvalue weighted by atomic mass is 16.5. The van der Waals surface area contributed by atoms with Gasteiger partial charge in [-0.3, -0.25) is 0 Å². The average molecular weight is 335 g/mol. The number of nitrogens with zero attached hydrogens (tertiary/aromatic N) is 2. The normalized spacial score (nSPS) is 15.7. The molecule has 2 aromatic carbocycles. The van der Waals surface area contributed by atoms with E-state index in [0.29, 0.717) is 5.92 Å². The highest BCUT2D eigenvalue weighted by Crippen LogP contribution is 2.29. The molecule has 0 bridgehead atoms. The highest BCUT2D eigenvalue weighted by Gasteiger charge is 2.21. The molecule has 1 aliphatic heterocycles. The Morgan fingerprint density at radius 2 is 1.80 bits per heavy atom. The Morgan fingerprint density at radius 1 is 1.08 bits per heavy atom. The van der Waals surface area contributed by atoms with E-state index in [2.05, 4.69) is 53.7 Å². The number of aryl methyl sites for hydroxylation is 1. The fourth-order valence-corrected chi connectivity index (χ4v) is 3.89. The van der Waals surface area contributed by atoms with Gasteiger partial charge in [0.25, 0.3) is 0 Å². The van der Waals surface area contributed by atoms with Crippen LogP contribution in [0.3, 0.4) is 0 Å². The maximum absolute atomic E-state index is 9.87. The standard InChI is InChI=1S/C21H25N3O/c1-2-15-3-5-17-6-4-16(12-19(17)11-15)13-21-20(14-24(25)23-21)18-7-9-22-10-8-18/h3-6,11-12,14,18,22,25H,2,7-10,13H2,1H3. The van der Waals surface area contributed by atoms with Crippen LogP contribution in [0.5, 0.6) is 0 Å². The van der Waals surface area contributed by atoms with Gasteiger partial charge in [-0.05, 0) is 60.2 Å². The summed E-state index contributed by atoms with van der Waals surface area (Å²) < 4.78 is 0. The fourth-order valence-electron chi connectivity index (χ4n) is 3.89. The molecule has 1 saturated heterocycles. The van der Waals surface area contributed by atoms with Gasteiger partial charge in [0.1, 0.15) is 0 Å². The highest BCUT2D eigenvalue weighted by molar-refractivity contribution is 5.83. The molecule has 1 aromatic heterocycles. The van der Waals surface area contributed by atoms with Crippen LogP contribution in [0.2, 0.25) is 0 Å². The third-order valence-corrected chi connectivity index (χ3v) is 5.34. The van der Waals surface area contributed by atoms with E-state index in [1.807, 2.05) is 0 Å². The van der Waals surface area contributed by atoms with E-state index in [9.17, 15) is 5.21 Å². The van der Waals surface area contributed by atoms with Crippen LogP contribution in [0.4, 0.5) is 0 Å². The van der Waals surface area contributed by atoms with E-state index in [1.165, 1.54) is 27.5 Å². The maximum Gasteiger partial charge on any atom is 0.0738 e. The molecule has 0 spiro atoms. The van der Waals surface area contributed by atoms with Gasteiger partial charge >= 0.3 is 0 Å². The third-order valence-electron chi connectivity index (χ3n) is 5.34. The topological polar surface area (TPSA) is 50.1 Å². The molecule has 1 fully saturated rings. The summed E-state index contributed by atoms with van der Waals surface area (Å²) in [5.74, 6) is 0.490. The van der Waals surface area contributed by atoms with Crippen molar-refractivity contribution in [2.45, 2.75) is 38.5 Å². The van der Waals surface area contributed by atoms with Crippen LogP contribution in [0.25, 0.3) is 10.8 Å². The molecule has 4 heteroatoms. The zero-order valence-electron chi connectivity index (χ0n) is 14.7. The van der Waals surface area contributed by atoms with Crippen LogP contribution in [-0.4, -0.2) is 28.2 Å². The lowest BCUT2D eigenvalue weighted by Crippen LogP contribution is -2.26. The van der Waals surface area contributed by atoms with E-state index < -0.39 is 0 Å². The van der Waals surface area contributed by atoms with E-state index in [4.69, 9.17) is 0 Å². The Labute approximate surface area is 148 Å². The Morgan fingerprint density at radius 3 is 2.56 bits per heavy atom. The van der Waals surface area contributed by atoms with Crippen LogP contribution in [0.1, 0.15) is 48.1 Å². The van der Waals surface area contributed by atoms with Gasteiger partial charge in [0.05, 0.1) is 11.9 Å². The van der Waals surface area contributed by atoms with Crippen molar-refractivity contribution < 1.29 is 5.21 Å². The predicted molar refractivity (Wildman–Crippen MR) is 100 cm³/mol. The number of nitrogens with one attached hydrogen (secondary N) is 1. The van der Waals surface area contributed by atoms with Crippen LogP contribution >= 0.6 is 0 Å². The molecular formula is C21H25N3O. The largest absolute Gasteiger partial charge is 0.412 e. The minimum Gasteiger partial charge on any atom is -0.412 e. The van der Waals surface area contributed by atoms with Crippen molar-refractivity contribution in [2.75, 3.05) is 13.1 Å². The quantitative estimate of drug-likeness (QED) is 0.711. The third kappa shape index (κ3) is 3.40. The SMILES string of the molecule is CCc1ccc2ccc(Cc3nn(O)cc3C3CCNCC3)cc2c1. The Kier molecular flexibility index (Phi) is 4.45. The summed E-state index contributed by atoms with van der Waals surface area (Å²) in [5, 5.41) is 20.2. The molecule has 0 unspecified atom stereocenters. The number of fused-ring (bicyclic) bond motifs is 1. The van der Waals surface area contributed by atoms with Gasteiger partial charge < -0.3 is 10.5 Å². The summed E-state index contributed by atoms with van der Waals surface area (Å²) in [6.07, 6.45) is 5.82. The first-order valence-corrected chi connectivity index (χ1v) is 9.23. The predicted octanol–water partition coefficient (Wildman–Crippen LogP) is 3.89. The van der Waals surface area contributed by atoms with Crippen molar-refractivity contribution in [1.29, 1.82) is 0 Å². The van der Waals surface area contributed by atoms with Gasteiger partial charge in [0.2, 0.25) is 0 Å². The molecule has 4 nitrogen and oxygen atoms in total. The van der Waals surface area contributed by atoms with Gasteiger partial charge in [0, 0.05) is 12.0 Å². The second kappa shape index (κ2) is 6.89. The molecule has 0 aliphatic carbocycles. The number of aromatic nitrogens is 2. The van der Waals surface area contributed by atoms with Crippen LogP contribution in [-0.2, 0) is 12.8 Å². The van der Waals surface area contributed by atoms with E-state index in [0.717, 1.165) is 49.3 Å². The molecule has 2 heterocycles. The minimum atomic E-state index is 0.490. The molecule has 25 heavy (non-hydrogen) atoms. The summed E-state index contributed by atoms with van der Waals surface area (Å²) in [6, 6.07) is 13.3. The zero-order valence-corrected chi connectivity index (χ0v) is 14.7. The van der Waals surface area contributed by atoms with Gasteiger partial charge in [-0.2, -0.15) is 0 Å². The van der Waals surface area contributed by atoms with E-state index in [-0.39, 0.29) is 0 Å². The number of hydrogen-bond acceptors (Lipinski definition) is 3. The number of hydrogen-bond donors (Lipinski definition) is 2. The first-order chi connectivity index (χ1) is 12.2. The van der Waals surface area contributed by atoms with Crippen molar-refractivity contribution >= 4 is 10.8 Å². The van der Waals surface area contributed by atoms with Gasteiger partial charge in [-0.15, -0.1) is 9.94 Å². The van der Waals surface area contributed by atoms with E-state index in [1.54, 1.807) is 6.20 Å². The summed E-state index contributed by atoms with van der Waals surface area (Å²) in [5.41, 5.74) is 4.81. The van der Waals surface area contributed by atoms with Crippen molar-refractivity contribution in [2.24, 2.45) is 0 Å². The molecule has 2 N–H and O–H groups in total. The number of rotatable bonds is 4. The van der Waals surface area contributed by atoms with Crippen LogP contribution in [0, 0.1) is 0 Å². The first-order valence-electron chi connectivity index (χ1n) is 9.23. The summed E-state index contributed by atoms with van der Waals surface area (Å²) >= 11 is 0. The molecule has 0 radical (unpaired) electrons. The van der Waals surface area contributed by atoms with Crippen molar-refractivity contribution in [3.8, 4) is 0 Å². The van der Waals surface area contributed by atoms with E-state index >= 15 is 0 Å². The zero-order chi connectivity index (χ0) is 17.2. The minimum absolute atomic E-state index is 0.490. The smallest absolute Gasteiger partial charge is 0.0738 e. The van der Waals surface area contributed by atoms with Crippen molar-refractivity contribution in [3.05, 3.63) is 65.0 Å². The lowest BCUT2D eigenvalue weighted by molar-refractivity contribution is 0.147. The average Bonchev–Trinajstić information content (AvgIpc) is 3.02. The Hall–Kier alpha value is -2.33.